The van der Waals surface area contributed by atoms with Crippen LogP contribution in [-0.4, -0.2) is 69.7 Å². The molecular weight excluding hydrogens is 306 g/mol. The van der Waals surface area contributed by atoms with Gasteiger partial charge in [0.2, 0.25) is 5.91 Å². The quantitative estimate of drug-likeness (QED) is 0.384. The van der Waals surface area contributed by atoms with Crippen LogP contribution in [0.1, 0.15) is 13.8 Å². The molecule has 0 bridgehead atoms. The lowest BCUT2D eigenvalue weighted by molar-refractivity contribution is -0.163. The second kappa shape index (κ2) is 5.92. The summed E-state index contributed by atoms with van der Waals surface area (Å²) in [7, 11) is 3.52. The van der Waals surface area contributed by atoms with E-state index in [1.54, 1.807) is 25.9 Å². The van der Waals surface area contributed by atoms with E-state index in [1.165, 1.54) is 16.7 Å². The molecule has 1 saturated heterocycles. The monoisotopic (exact) mass is 327 g/mol. The van der Waals surface area contributed by atoms with Crippen LogP contribution in [0.2, 0.25) is 0 Å². The zero-order chi connectivity index (χ0) is 16.8. The van der Waals surface area contributed by atoms with Crippen molar-refractivity contribution in [1.82, 2.24) is 9.80 Å². The Kier molecular flexibility index (Phi) is 4.53. The Morgan fingerprint density at radius 3 is 2.55 bits per heavy atom. The number of carboxylic acid groups (broad SMARTS) is 1. The maximum Gasteiger partial charge on any atom is 0.353 e. The molecule has 22 heavy (non-hydrogen) atoms. The fourth-order valence-corrected chi connectivity index (χ4v) is 4.27. The smallest absolute Gasteiger partial charge is 0.353 e. The van der Waals surface area contributed by atoms with E-state index in [1.807, 2.05) is 6.92 Å². The van der Waals surface area contributed by atoms with Gasteiger partial charge in [0, 0.05) is 24.9 Å². The van der Waals surface area contributed by atoms with Gasteiger partial charge in [-0.1, -0.05) is 6.92 Å². The number of fused-ring (bicyclic) bond motifs is 1. The van der Waals surface area contributed by atoms with Crippen LogP contribution in [0.4, 0.5) is 0 Å². The molecule has 0 radical (unpaired) electrons. The second-order valence-corrected chi connectivity index (χ2v) is 6.92. The van der Waals surface area contributed by atoms with E-state index in [9.17, 15) is 19.8 Å². The Morgan fingerprint density at radius 1 is 1.50 bits per heavy atom. The lowest BCUT2D eigenvalue weighted by atomic mass is 9.79. The molecule has 1 fully saturated rings. The van der Waals surface area contributed by atoms with Gasteiger partial charge in [-0.05, 0) is 6.92 Å². The van der Waals surface area contributed by atoms with Gasteiger partial charge in [0.25, 0.3) is 0 Å². The van der Waals surface area contributed by atoms with Gasteiger partial charge >= 0.3 is 5.97 Å². The third-order valence-corrected chi connectivity index (χ3v) is 5.51. The molecule has 1 amide bonds. The first-order chi connectivity index (χ1) is 10.2. The minimum absolute atomic E-state index is 0.0101. The summed E-state index contributed by atoms with van der Waals surface area (Å²) >= 11 is 1.29. The number of amidine groups is 1. The topological polar surface area (TPSA) is 105 Å². The summed E-state index contributed by atoms with van der Waals surface area (Å²) in [5.41, 5.74) is 0.0101. The van der Waals surface area contributed by atoms with Crippen molar-refractivity contribution in [3.8, 4) is 0 Å². The Hall–Kier alpha value is -1.54. The highest BCUT2D eigenvalue weighted by Crippen LogP contribution is 2.50. The number of aliphatic carboxylic acids is 1. The Morgan fingerprint density at radius 2 is 2.09 bits per heavy atom. The summed E-state index contributed by atoms with van der Waals surface area (Å²) < 4.78 is 0. The van der Waals surface area contributed by atoms with Crippen molar-refractivity contribution in [3.63, 3.8) is 0 Å². The van der Waals surface area contributed by atoms with Crippen molar-refractivity contribution < 1.29 is 19.8 Å². The van der Waals surface area contributed by atoms with Crippen molar-refractivity contribution in [2.75, 3.05) is 19.8 Å². The molecule has 8 heteroatoms. The first-order valence-electron chi connectivity index (χ1n) is 7.04. The van der Waals surface area contributed by atoms with Crippen LogP contribution >= 0.6 is 11.8 Å². The molecule has 2 rings (SSSR count). The Labute approximate surface area is 133 Å². The summed E-state index contributed by atoms with van der Waals surface area (Å²) in [6, 6.07) is -0.297. The van der Waals surface area contributed by atoms with Crippen molar-refractivity contribution >= 4 is 29.5 Å². The van der Waals surface area contributed by atoms with Crippen molar-refractivity contribution in [2.45, 2.75) is 26.0 Å². The molecule has 0 aromatic carbocycles. The van der Waals surface area contributed by atoms with Gasteiger partial charge in [-0.2, -0.15) is 0 Å². The van der Waals surface area contributed by atoms with E-state index >= 15 is 0 Å². The molecule has 2 heterocycles. The van der Waals surface area contributed by atoms with Gasteiger partial charge in [-0.3, -0.25) is 10.2 Å². The first-order valence-corrected chi connectivity index (χ1v) is 8.03. The van der Waals surface area contributed by atoms with Crippen LogP contribution in [0.3, 0.4) is 0 Å². The molecule has 2 aliphatic heterocycles. The molecule has 0 unspecified atom stereocenters. The number of carbonyl (C=O) groups excluding carboxylic acids is 1. The van der Waals surface area contributed by atoms with E-state index < -0.39 is 18.0 Å². The predicted octanol–water partition coefficient (Wildman–Crippen LogP) is 0.412. The minimum atomic E-state index is -1.13. The SMILES string of the molecule is C[C@H](O)[C@H]1C(=O)N2C(C(=O)O)=C(SCC(=N)N(C)C)[C@H](C)[C@H]12. The number of aliphatic hydroxyl groups is 1. The number of nitrogens with zero attached hydrogens (tertiary/aromatic N) is 2. The zero-order valence-corrected chi connectivity index (χ0v) is 13.8. The minimum Gasteiger partial charge on any atom is -0.477 e. The van der Waals surface area contributed by atoms with Crippen molar-refractivity contribution in [2.24, 2.45) is 11.8 Å². The summed E-state index contributed by atoms with van der Waals surface area (Å²) in [5.74, 6) is -1.44. The number of hydrogen-bond acceptors (Lipinski definition) is 5. The van der Waals surface area contributed by atoms with E-state index in [2.05, 4.69) is 0 Å². The fourth-order valence-electron chi connectivity index (χ4n) is 2.99. The van der Waals surface area contributed by atoms with Gasteiger partial charge in [-0.25, -0.2) is 4.79 Å². The third-order valence-electron chi connectivity index (χ3n) is 4.22. The largest absolute Gasteiger partial charge is 0.477 e. The molecule has 0 aromatic rings. The van der Waals surface area contributed by atoms with Crippen LogP contribution in [0.15, 0.2) is 10.6 Å². The number of aliphatic hydroxyl groups excluding tert-OH is 1. The first kappa shape index (κ1) is 16.8. The average Bonchev–Trinajstić information content (AvgIpc) is 2.65. The number of carboxylic acids is 1. The van der Waals surface area contributed by atoms with Gasteiger partial charge < -0.3 is 20.0 Å². The van der Waals surface area contributed by atoms with Gasteiger partial charge in [0.15, 0.2) is 0 Å². The van der Waals surface area contributed by atoms with Crippen LogP contribution in [0, 0.1) is 17.2 Å². The highest BCUT2D eigenvalue weighted by Gasteiger charge is 2.59. The van der Waals surface area contributed by atoms with E-state index in [0.717, 1.165) is 0 Å². The third kappa shape index (κ3) is 2.50. The Balaban J connectivity index is 2.26. The van der Waals surface area contributed by atoms with Crippen molar-refractivity contribution in [3.05, 3.63) is 10.6 Å². The van der Waals surface area contributed by atoms with E-state index in [4.69, 9.17) is 5.41 Å². The molecule has 2 aliphatic rings. The molecule has 0 saturated carbocycles. The molecule has 4 atom stereocenters. The zero-order valence-electron chi connectivity index (χ0n) is 13.0. The normalized spacial score (nSPS) is 28.3. The second-order valence-electron chi connectivity index (χ2n) is 5.90. The van der Waals surface area contributed by atoms with Gasteiger partial charge in [0.05, 0.1) is 23.8 Å². The van der Waals surface area contributed by atoms with E-state index in [0.29, 0.717) is 16.5 Å². The maximum absolute atomic E-state index is 12.1. The number of thioether (sulfide) groups is 1. The van der Waals surface area contributed by atoms with Gasteiger partial charge in [-0.15, -0.1) is 11.8 Å². The lowest BCUT2D eigenvalue weighted by Gasteiger charge is -2.46. The molecule has 3 N–H and O–H groups in total. The fraction of sp³-hybridized carbons (Fsp3) is 0.643. The number of carbonyl (C=O) groups is 2. The van der Waals surface area contributed by atoms with E-state index in [-0.39, 0.29) is 23.6 Å². The van der Waals surface area contributed by atoms with Gasteiger partial charge in [0.1, 0.15) is 11.5 Å². The number of rotatable bonds is 5. The molecule has 7 nitrogen and oxygen atoms in total. The highest BCUT2D eigenvalue weighted by atomic mass is 32.2. The molecule has 0 aromatic heterocycles. The summed E-state index contributed by atoms with van der Waals surface area (Å²) in [5, 5.41) is 27.0. The standard InChI is InChI=1S/C14H21N3O4S/c1-6-10-9(7(2)18)13(19)17(10)11(14(20)21)12(6)22-5-8(15)16(3)4/h6-7,9-10,15,18H,5H2,1-4H3,(H,20,21)/t6-,7+,9-,10-/m1/s1. The van der Waals surface area contributed by atoms with Crippen LogP contribution in [-0.2, 0) is 9.59 Å². The number of β-lactam (4-membered cyclic amide) rings is 1. The van der Waals surface area contributed by atoms with Crippen LogP contribution < -0.4 is 0 Å². The molecular formula is C14H21N3O4S. The lowest BCUT2D eigenvalue weighted by Crippen LogP contribution is -2.63. The number of nitrogens with one attached hydrogen (secondary N) is 1. The Bertz CT molecular complexity index is 558. The molecule has 0 aliphatic carbocycles. The number of amides is 1. The molecule has 122 valence electrons. The highest BCUT2D eigenvalue weighted by molar-refractivity contribution is 8.03. The summed E-state index contributed by atoms with van der Waals surface area (Å²) in [6.07, 6.45) is -0.796. The average molecular weight is 327 g/mol. The van der Waals surface area contributed by atoms with Crippen LogP contribution in [0.5, 0.6) is 0 Å². The summed E-state index contributed by atoms with van der Waals surface area (Å²) in [6.45, 7) is 3.43. The van der Waals surface area contributed by atoms with Crippen LogP contribution in [0.25, 0.3) is 0 Å². The number of hydrogen-bond donors (Lipinski definition) is 3. The predicted molar refractivity (Wildman–Crippen MR) is 83.5 cm³/mol. The maximum atomic E-state index is 12.1. The summed E-state index contributed by atoms with van der Waals surface area (Å²) in [4.78, 5) is 27.3. The molecule has 0 spiro atoms. The van der Waals surface area contributed by atoms with Crippen molar-refractivity contribution in [1.29, 1.82) is 5.41 Å².